The molecule has 100 valence electrons. The van der Waals surface area contributed by atoms with Gasteiger partial charge < -0.3 is 4.74 Å². The number of hydrogen-bond acceptors (Lipinski definition) is 4. The van der Waals surface area contributed by atoms with Crippen LogP contribution in [0.15, 0.2) is 6.20 Å². The first-order valence-corrected chi connectivity index (χ1v) is 5.92. The summed E-state index contributed by atoms with van der Waals surface area (Å²) in [6.07, 6.45) is 0.958. The molecule has 1 aliphatic heterocycles. The van der Waals surface area contributed by atoms with Gasteiger partial charge in [0.2, 0.25) is 0 Å². The maximum Gasteiger partial charge on any atom is 0.312 e. The van der Waals surface area contributed by atoms with Crippen LogP contribution in [0.3, 0.4) is 0 Å². The van der Waals surface area contributed by atoms with E-state index in [2.05, 4.69) is 5.10 Å². The molecular formula is C11H16FN3O3. The van der Waals surface area contributed by atoms with Crippen LogP contribution in [0.5, 0.6) is 0 Å². The van der Waals surface area contributed by atoms with Crippen LogP contribution in [0.4, 0.5) is 10.1 Å². The quantitative estimate of drug-likeness (QED) is 0.601. The highest BCUT2D eigenvalue weighted by molar-refractivity contribution is 5.34. The Morgan fingerprint density at radius 1 is 1.61 bits per heavy atom. The Morgan fingerprint density at radius 2 is 2.33 bits per heavy atom. The maximum atomic E-state index is 13.5. The van der Waals surface area contributed by atoms with Crippen LogP contribution >= 0.6 is 0 Å². The lowest BCUT2D eigenvalue weighted by molar-refractivity contribution is -0.386. The number of aryl methyl sites for hydroxylation is 1. The molecule has 1 unspecified atom stereocenters. The van der Waals surface area contributed by atoms with Crippen LogP contribution < -0.4 is 0 Å². The molecule has 2 rings (SSSR count). The highest BCUT2D eigenvalue weighted by Gasteiger charge is 2.32. The van der Waals surface area contributed by atoms with E-state index in [-0.39, 0.29) is 18.2 Å². The van der Waals surface area contributed by atoms with Crippen molar-refractivity contribution in [2.24, 2.45) is 13.0 Å². The molecule has 1 aromatic heterocycles. The largest absolute Gasteiger partial charge is 0.369 e. The molecular weight excluding hydrogens is 241 g/mol. The highest BCUT2D eigenvalue weighted by atomic mass is 19.1. The van der Waals surface area contributed by atoms with Crippen molar-refractivity contribution in [1.82, 2.24) is 9.78 Å². The predicted molar refractivity (Wildman–Crippen MR) is 61.8 cm³/mol. The summed E-state index contributed by atoms with van der Waals surface area (Å²) in [7, 11) is 1.63. The lowest BCUT2D eigenvalue weighted by Gasteiger charge is -2.14. The van der Waals surface area contributed by atoms with Crippen molar-refractivity contribution in [2.75, 3.05) is 6.61 Å². The molecule has 0 aromatic carbocycles. The molecule has 3 atom stereocenters. The fourth-order valence-corrected chi connectivity index (χ4v) is 2.22. The average Bonchev–Trinajstić information content (AvgIpc) is 2.63. The first kappa shape index (κ1) is 12.9. The van der Waals surface area contributed by atoms with E-state index >= 15 is 0 Å². The van der Waals surface area contributed by atoms with Crippen LogP contribution in [0.2, 0.25) is 0 Å². The van der Waals surface area contributed by atoms with Gasteiger partial charge in [-0.3, -0.25) is 14.8 Å². The molecule has 0 saturated carbocycles. The number of ether oxygens (including phenoxy) is 1. The second-order valence-corrected chi connectivity index (χ2v) is 4.69. The lowest BCUT2D eigenvalue weighted by Crippen LogP contribution is -2.16. The molecule has 7 heteroatoms. The zero-order chi connectivity index (χ0) is 13.3. The number of nitro groups is 1. The smallest absolute Gasteiger partial charge is 0.312 e. The minimum Gasteiger partial charge on any atom is -0.369 e. The number of aromatic nitrogens is 2. The monoisotopic (exact) mass is 257 g/mol. The third-order valence-corrected chi connectivity index (χ3v) is 3.42. The Balaban J connectivity index is 2.26. The predicted octanol–water partition coefficient (Wildman–Crippen LogP) is 2.15. The van der Waals surface area contributed by atoms with E-state index in [0.29, 0.717) is 18.5 Å². The van der Waals surface area contributed by atoms with E-state index in [1.807, 2.05) is 6.92 Å². The summed E-state index contributed by atoms with van der Waals surface area (Å²) in [4.78, 5) is 10.4. The van der Waals surface area contributed by atoms with E-state index in [1.54, 1.807) is 7.05 Å². The standard InChI is InChI=1S/C11H16FN3O3/c1-7-3-4-10(18-6-8(7)12)11-9(15(16)17)5-13-14(11)2/h5,7-8,10H,3-4,6H2,1-2H3/t7-,8-,10?/m1/s1. The molecule has 2 heterocycles. The first-order valence-electron chi connectivity index (χ1n) is 5.92. The van der Waals surface area contributed by atoms with E-state index in [9.17, 15) is 14.5 Å². The number of hydrogen-bond donors (Lipinski definition) is 0. The maximum absolute atomic E-state index is 13.5. The zero-order valence-electron chi connectivity index (χ0n) is 10.4. The Hall–Kier alpha value is -1.50. The molecule has 1 aliphatic rings. The van der Waals surface area contributed by atoms with Crippen molar-refractivity contribution in [3.8, 4) is 0 Å². The molecule has 6 nitrogen and oxygen atoms in total. The molecule has 0 aliphatic carbocycles. The van der Waals surface area contributed by atoms with Gasteiger partial charge in [-0.2, -0.15) is 5.10 Å². The van der Waals surface area contributed by atoms with Crippen molar-refractivity contribution in [2.45, 2.75) is 32.0 Å². The summed E-state index contributed by atoms with van der Waals surface area (Å²) in [6.45, 7) is 1.81. The highest BCUT2D eigenvalue weighted by Crippen LogP contribution is 2.34. The molecule has 0 amide bonds. The SMILES string of the molecule is C[C@@H]1CCC(c2c([N+](=O)[O-])cnn2C)OC[C@H]1F. The van der Waals surface area contributed by atoms with Crippen LogP contribution in [-0.4, -0.2) is 27.5 Å². The van der Waals surface area contributed by atoms with Gasteiger partial charge in [0.15, 0.2) is 0 Å². The molecule has 0 spiro atoms. The van der Waals surface area contributed by atoms with Gasteiger partial charge in [0, 0.05) is 7.05 Å². The van der Waals surface area contributed by atoms with Gasteiger partial charge >= 0.3 is 5.69 Å². The number of rotatable bonds is 2. The number of alkyl halides is 1. The van der Waals surface area contributed by atoms with Crippen LogP contribution in [0.1, 0.15) is 31.6 Å². The normalized spacial score (nSPS) is 28.9. The van der Waals surface area contributed by atoms with Crippen molar-refractivity contribution in [1.29, 1.82) is 0 Å². The van der Waals surface area contributed by atoms with E-state index in [0.717, 1.165) is 0 Å². The van der Waals surface area contributed by atoms with Gasteiger partial charge in [-0.15, -0.1) is 0 Å². The van der Waals surface area contributed by atoms with E-state index in [4.69, 9.17) is 4.74 Å². The van der Waals surface area contributed by atoms with Crippen LogP contribution in [0.25, 0.3) is 0 Å². The summed E-state index contributed by atoms with van der Waals surface area (Å²) < 4.78 is 20.4. The van der Waals surface area contributed by atoms with Crippen LogP contribution in [-0.2, 0) is 11.8 Å². The Labute approximate surface area is 104 Å². The van der Waals surface area contributed by atoms with Crippen molar-refractivity contribution in [3.63, 3.8) is 0 Å². The molecule has 18 heavy (non-hydrogen) atoms. The molecule has 0 radical (unpaired) electrons. The summed E-state index contributed by atoms with van der Waals surface area (Å²) in [5, 5.41) is 14.8. The summed E-state index contributed by atoms with van der Waals surface area (Å²) in [6, 6.07) is 0. The average molecular weight is 257 g/mol. The molecule has 1 fully saturated rings. The van der Waals surface area contributed by atoms with E-state index < -0.39 is 17.2 Å². The van der Waals surface area contributed by atoms with Crippen molar-refractivity contribution >= 4 is 5.69 Å². The van der Waals surface area contributed by atoms with Gasteiger partial charge in [0.05, 0.1) is 11.5 Å². The zero-order valence-corrected chi connectivity index (χ0v) is 10.4. The Kier molecular flexibility index (Phi) is 3.60. The summed E-state index contributed by atoms with van der Waals surface area (Å²) in [5.41, 5.74) is 0.355. The van der Waals surface area contributed by atoms with Gasteiger partial charge in [0.1, 0.15) is 24.2 Å². The van der Waals surface area contributed by atoms with Crippen LogP contribution in [0, 0.1) is 16.0 Å². The summed E-state index contributed by atoms with van der Waals surface area (Å²) in [5.74, 6) is -0.0812. The van der Waals surface area contributed by atoms with Crippen molar-refractivity contribution in [3.05, 3.63) is 22.0 Å². The van der Waals surface area contributed by atoms with Gasteiger partial charge in [0.25, 0.3) is 0 Å². The third kappa shape index (κ3) is 2.35. The number of nitrogens with zero attached hydrogens (tertiary/aromatic N) is 3. The fourth-order valence-electron chi connectivity index (χ4n) is 2.22. The minimum absolute atomic E-state index is 0.0197. The van der Waals surface area contributed by atoms with Gasteiger partial charge in [-0.1, -0.05) is 6.92 Å². The minimum atomic E-state index is -1.01. The Morgan fingerprint density at radius 3 is 3.00 bits per heavy atom. The molecule has 1 aromatic rings. The van der Waals surface area contributed by atoms with Gasteiger partial charge in [-0.25, -0.2) is 4.39 Å². The first-order chi connectivity index (χ1) is 8.50. The second-order valence-electron chi connectivity index (χ2n) is 4.69. The molecule has 1 saturated heterocycles. The fraction of sp³-hybridized carbons (Fsp3) is 0.727. The van der Waals surface area contributed by atoms with Crippen molar-refractivity contribution < 1.29 is 14.1 Å². The summed E-state index contributed by atoms with van der Waals surface area (Å²) >= 11 is 0. The Bertz CT molecular complexity index is 437. The molecule has 0 N–H and O–H groups in total. The molecule has 0 bridgehead atoms. The third-order valence-electron chi connectivity index (χ3n) is 3.42. The van der Waals surface area contributed by atoms with Gasteiger partial charge in [-0.05, 0) is 18.8 Å². The second kappa shape index (κ2) is 5.01. The lowest BCUT2D eigenvalue weighted by atomic mass is 9.99. The van der Waals surface area contributed by atoms with E-state index in [1.165, 1.54) is 10.9 Å². The topological polar surface area (TPSA) is 70.2 Å². The number of halogens is 1.